The second kappa shape index (κ2) is 5.32. The summed E-state index contributed by atoms with van der Waals surface area (Å²) in [6.07, 6.45) is -0.298. The van der Waals surface area contributed by atoms with Gasteiger partial charge in [0.2, 0.25) is 0 Å². The van der Waals surface area contributed by atoms with Crippen molar-refractivity contribution in [3.05, 3.63) is 75.3 Å². The van der Waals surface area contributed by atoms with E-state index in [-0.39, 0.29) is 10.7 Å². The summed E-state index contributed by atoms with van der Waals surface area (Å²) in [5, 5.41) is 22.1. The Balaban J connectivity index is 2.03. The van der Waals surface area contributed by atoms with Crippen LogP contribution in [0, 0.1) is 17.0 Å². The minimum Gasteiger partial charge on any atom is -0.388 e. The van der Waals surface area contributed by atoms with Gasteiger partial charge in [0.1, 0.15) is 5.69 Å². The van der Waals surface area contributed by atoms with E-state index in [4.69, 9.17) is 0 Å². The lowest BCUT2D eigenvalue weighted by molar-refractivity contribution is -0.388. The molecule has 0 radical (unpaired) electrons. The molecule has 0 spiro atoms. The molecule has 5 nitrogen and oxygen atoms in total. The number of aromatic amines is 1. The van der Waals surface area contributed by atoms with Crippen molar-refractivity contribution < 1.29 is 10.0 Å². The fraction of sp³-hybridized carbons (Fsp3) is 0.158. The zero-order chi connectivity index (χ0) is 16.8. The van der Waals surface area contributed by atoms with Gasteiger partial charge in [0.15, 0.2) is 0 Å². The summed E-state index contributed by atoms with van der Waals surface area (Å²) in [4.78, 5) is 14.2. The minimum absolute atomic E-state index is 0.0131. The predicted octanol–water partition coefficient (Wildman–Crippen LogP) is 4.15. The van der Waals surface area contributed by atoms with Gasteiger partial charge in [-0.05, 0) is 29.0 Å². The highest BCUT2D eigenvalue weighted by Crippen LogP contribution is 2.47. The summed E-state index contributed by atoms with van der Waals surface area (Å²) in [6, 6.07) is 15.2. The molecule has 1 aromatic heterocycles. The Morgan fingerprint density at radius 2 is 2.00 bits per heavy atom. The van der Waals surface area contributed by atoms with Crippen LogP contribution in [0.5, 0.6) is 0 Å². The van der Waals surface area contributed by atoms with E-state index in [9.17, 15) is 15.2 Å². The van der Waals surface area contributed by atoms with Gasteiger partial charge >= 0.3 is 5.82 Å². The van der Waals surface area contributed by atoms with Crippen molar-refractivity contribution >= 4 is 5.82 Å². The van der Waals surface area contributed by atoms with E-state index in [0.717, 1.165) is 27.8 Å². The molecule has 1 heterocycles. The Morgan fingerprint density at radius 1 is 1.21 bits per heavy atom. The number of nitrogens with one attached hydrogen (secondary N) is 1. The van der Waals surface area contributed by atoms with Crippen LogP contribution >= 0.6 is 0 Å². The van der Waals surface area contributed by atoms with Gasteiger partial charge in [-0.15, -0.1) is 0 Å². The highest BCUT2D eigenvalue weighted by molar-refractivity contribution is 5.87. The number of nitrogens with zero attached hydrogens (tertiary/aromatic N) is 1. The second-order valence-corrected chi connectivity index (χ2v) is 6.14. The third kappa shape index (κ3) is 2.13. The zero-order valence-corrected chi connectivity index (χ0v) is 13.1. The highest BCUT2D eigenvalue weighted by atomic mass is 16.6. The van der Waals surface area contributed by atoms with Crippen LogP contribution < -0.4 is 0 Å². The first-order chi connectivity index (χ1) is 11.6. The van der Waals surface area contributed by atoms with E-state index >= 15 is 0 Å². The van der Waals surface area contributed by atoms with Gasteiger partial charge < -0.3 is 15.2 Å². The molecule has 0 amide bonds. The van der Waals surface area contributed by atoms with Crippen LogP contribution in [0.2, 0.25) is 0 Å². The summed E-state index contributed by atoms with van der Waals surface area (Å²) in [5.74, 6) is -0.0131. The number of aromatic nitrogens is 1. The molecule has 120 valence electrons. The Labute approximate surface area is 138 Å². The molecular formula is C19H16N2O3. The van der Waals surface area contributed by atoms with Crippen molar-refractivity contribution in [2.75, 3.05) is 0 Å². The van der Waals surface area contributed by atoms with E-state index in [0.29, 0.717) is 17.7 Å². The number of H-pyrrole nitrogens is 1. The molecule has 1 aliphatic rings. The Morgan fingerprint density at radius 3 is 2.75 bits per heavy atom. The quantitative estimate of drug-likeness (QED) is 0.550. The number of benzene rings is 2. The van der Waals surface area contributed by atoms with Crippen molar-refractivity contribution in [1.29, 1.82) is 0 Å². The van der Waals surface area contributed by atoms with E-state index in [1.165, 1.54) is 0 Å². The van der Waals surface area contributed by atoms with Gasteiger partial charge in [-0.3, -0.25) is 0 Å². The average molecular weight is 320 g/mol. The number of aliphatic hydroxyl groups excluding tert-OH is 1. The molecule has 2 aromatic carbocycles. The first kappa shape index (κ1) is 14.7. The van der Waals surface area contributed by atoms with Crippen molar-refractivity contribution in [2.45, 2.75) is 19.4 Å². The van der Waals surface area contributed by atoms with Crippen LogP contribution in [-0.2, 0) is 6.42 Å². The molecule has 1 unspecified atom stereocenters. The standard InChI is InChI=1S/C19H16N2O3/c1-11-5-4-6-12(9-11)18-15-10-16(22)13-7-2-3-8-14(13)17(15)19(20-18)21(23)24/h2-9,16,20,22H,10H2,1H3. The number of nitro groups is 1. The van der Waals surface area contributed by atoms with E-state index in [1.807, 2.05) is 55.5 Å². The molecule has 4 rings (SSSR count). The first-order valence-electron chi connectivity index (χ1n) is 7.80. The Bertz CT molecular complexity index is 959. The lowest BCUT2D eigenvalue weighted by Gasteiger charge is -2.21. The van der Waals surface area contributed by atoms with Gasteiger partial charge in [0, 0.05) is 17.5 Å². The molecule has 5 heteroatoms. The summed E-state index contributed by atoms with van der Waals surface area (Å²) in [5.41, 5.74) is 5.56. The summed E-state index contributed by atoms with van der Waals surface area (Å²) in [6.45, 7) is 1.98. The maximum Gasteiger partial charge on any atom is 0.329 e. The van der Waals surface area contributed by atoms with Gasteiger partial charge in [-0.1, -0.05) is 48.0 Å². The molecule has 0 bridgehead atoms. The van der Waals surface area contributed by atoms with Crippen molar-refractivity contribution in [3.63, 3.8) is 0 Å². The third-order valence-corrected chi connectivity index (χ3v) is 4.56. The smallest absolute Gasteiger partial charge is 0.329 e. The fourth-order valence-electron chi connectivity index (χ4n) is 3.52. The van der Waals surface area contributed by atoms with Crippen LogP contribution in [0.4, 0.5) is 5.82 Å². The van der Waals surface area contributed by atoms with Crippen LogP contribution in [0.1, 0.15) is 22.8 Å². The van der Waals surface area contributed by atoms with Crippen LogP contribution in [-0.4, -0.2) is 15.0 Å². The van der Waals surface area contributed by atoms with Crippen LogP contribution in [0.25, 0.3) is 22.4 Å². The number of aliphatic hydroxyl groups is 1. The maximum absolute atomic E-state index is 11.6. The molecule has 24 heavy (non-hydrogen) atoms. The molecule has 0 saturated carbocycles. The maximum atomic E-state index is 11.6. The molecule has 0 fully saturated rings. The van der Waals surface area contributed by atoms with E-state index in [2.05, 4.69) is 4.98 Å². The van der Waals surface area contributed by atoms with Crippen molar-refractivity contribution in [2.24, 2.45) is 0 Å². The average Bonchev–Trinajstić information content (AvgIpc) is 2.95. The number of hydrogen-bond acceptors (Lipinski definition) is 3. The summed E-state index contributed by atoms with van der Waals surface area (Å²) >= 11 is 0. The van der Waals surface area contributed by atoms with Gasteiger partial charge in [-0.25, -0.2) is 4.98 Å². The zero-order valence-electron chi connectivity index (χ0n) is 13.1. The normalized spacial score (nSPS) is 15.7. The summed E-state index contributed by atoms with van der Waals surface area (Å²) in [7, 11) is 0. The monoisotopic (exact) mass is 320 g/mol. The lowest BCUT2D eigenvalue weighted by atomic mass is 9.84. The SMILES string of the molecule is Cc1cccc(-c2[nH]c([N+](=O)[O-])c3c2CC(O)c2ccccc2-3)c1. The largest absolute Gasteiger partial charge is 0.388 e. The lowest BCUT2D eigenvalue weighted by Crippen LogP contribution is -2.10. The first-order valence-corrected chi connectivity index (χ1v) is 7.80. The number of fused-ring (bicyclic) bond motifs is 3. The Hall–Kier alpha value is -2.92. The number of hydrogen-bond donors (Lipinski definition) is 2. The van der Waals surface area contributed by atoms with Crippen LogP contribution in [0.3, 0.4) is 0 Å². The highest BCUT2D eigenvalue weighted by Gasteiger charge is 2.34. The second-order valence-electron chi connectivity index (χ2n) is 6.14. The van der Waals surface area contributed by atoms with Gasteiger partial charge in [-0.2, -0.15) is 0 Å². The molecule has 2 N–H and O–H groups in total. The number of aryl methyl sites for hydroxylation is 1. The molecule has 1 atom stereocenters. The Kier molecular flexibility index (Phi) is 3.25. The molecule has 0 aliphatic heterocycles. The van der Waals surface area contributed by atoms with Crippen molar-refractivity contribution in [1.82, 2.24) is 4.98 Å². The topological polar surface area (TPSA) is 79.2 Å². The van der Waals surface area contributed by atoms with Crippen LogP contribution in [0.15, 0.2) is 48.5 Å². The minimum atomic E-state index is -0.660. The van der Waals surface area contributed by atoms with Gasteiger partial charge in [0.25, 0.3) is 0 Å². The van der Waals surface area contributed by atoms with E-state index in [1.54, 1.807) is 0 Å². The van der Waals surface area contributed by atoms with Gasteiger partial charge in [0.05, 0.1) is 11.7 Å². The molecular weight excluding hydrogens is 304 g/mol. The third-order valence-electron chi connectivity index (χ3n) is 4.56. The fourth-order valence-corrected chi connectivity index (χ4v) is 3.52. The molecule has 3 aromatic rings. The van der Waals surface area contributed by atoms with E-state index < -0.39 is 6.10 Å². The number of rotatable bonds is 2. The molecule has 1 aliphatic carbocycles. The molecule has 0 saturated heterocycles. The van der Waals surface area contributed by atoms with Crippen molar-refractivity contribution in [3.8, 4) is 22.4 Å². The predicted molar refractivity (Wildman–Crippen MR) is 91.7 cm³/mol. The summed E-state index contributed by atoms with van der Waals surface area (Å²) < 4.78 is 0.